The van der Waals surface area contributed by atoms with Crippen LogP contribution in [0.3, 0.4) is 0 Å². The fourth-order valence-corrected chi connectivity index (χ4v) is 10.9. The number of amides is 9. The Labute approximate surface area is 589 Å². The summed E-state index contributed by atoms with van der Waals surface area (Å²) in [5, 5.41) is 118. The maximum atomic E-state index is 12.9. The number of carbonyl (C=O) groups is 9. The lowest BCUT2D eigenvalue weighted by molar-refractivity contribution is -0.270. The van der Waals surface area contributed by atoms with E-state index in [1.807, 2.05) is 13.8 Å². The lowest BCUT2D eigenvalue weighted by Crippen LogP contribution is -2.64. The summed E-state index contributed by atoms with van der Waals surface area (Å²) in [6.45, 7) is 7.73. The molecule has 0 aliphatic carbocycles. The van der Waals surface area contributed by atoms with Gasteiger partial charge in [-0.25, -0.2) is 0 Å². The summed E-state index contributed by atoms with van der Waals surface area (Å²) in [7, 11) is 0. The van der Waals surface area contributed by atoms with Crippen LogP contribution in [0.25, 0.3) is 0 Å². The molecule has 9 amide bonds. The molecule has 3 rings (SSSR count). The first kappa shape index (κ1) is 89.7. The summed E-state index contributed by atoms with van der Waals surface area (Å²) in [4.78, 5) is 111. The van der Waals surface area contributed by atoms with Crippen LogP contribution in [-0.4, -0.2) is 321 Å². The van der Waals surface area contributed by atoms with E-state index in [-0.39, 0.29) is 179 Å². The van der Waals surface area contributed by atoms with Crippen molar-refractivity contribution in [2.24, 2.45) is 0 Å². The molecule has 0 aromatic heterocycles. The molecule has 37 heteroatoms. The van der Waals surface area contributed by atoms with Gasteiger partial charge in [0.2, 0.25) is 53.2 Å². The largest absolute Gasteiger partial charge is 0.394 e. The summed E-state index contributed by atoms with van der Waals surface area (Å²) in [5.41, 5.74) is -1.02. The first-order chi connectivity index (χ1) is 48.2. The van der Waals surface area contributed by atoms with Crippen LogP contribution in [0.1, 0.15) is 131 Å². The average molecular weight is 1460 g/mol. The van der Waals surface area contributed by atoms with E-state index in [4.69, 9.17) is 42.6 Å². The van der Waals surface area contributed by atoms with Gasteiger partial charge in [0.15, 0.2) is 18.9 Å². The van der Waals surface area contributed by atoms with Crippen LogP contribution in [0.2, 0.25) is 0 Å². The summed E-state index contributed by atoms with van der Waals surface area (Å²) >= 11 is 0. The number of hydrogen-bond acceptors (Lipinski definition) is 28. The molecule has 0 aromatic rings. The summed E-state index contributed by atoms with van der Waals surface area (Å²) in [5.74, 6) is -3.01. The molecule has 3 heterocycles. The molecule has 0 bridgehead atoms. The van der Waals surface area contributed by atoms with Crippen LogP contribution in [0, 0.1) is 0 Å². The van der Waals surface area contributed by atoms with Crippen LogP contribution in [0.15, 0.2) is 0 Å². The third kappa shape index (κ3) is 36.2. The molecular formula is C64H116N10O27. The SMILES string of the molecule is CC(=O)N[C@H]1C(O)[C@@H](O)C(CO)O[C@H]1OCCCCC(=O)NCCCNC(=O)CCOCC(COCCC(=O)NCCCNC(=O)CCCCO[C@@H]1OC(CO)[C@H](O)C(O)[C@@H]1NC(C)=O)(COCCC(=O)NCCCNC(=O)CCCCO[C@@H]1OC(CO)[C@H](O)C(O)[C@@H]1NC(C)=O)NC(C)C. The van der Waals surface area contributed by atoms with E-state index in [0.717, 1.165) is 0 Å². The molecule has 37 nitrogen and oxygen atoms in total. The van der Waals surface area contributed by atoms with Gasteiger partial charge in [0.05, 0.1) is 65.0 Å². The Morgan fingerprint density at radius 1 is 0.356 bits per heavy atom. The highest BCUT2D eigenvalue weighted by Gasteiger charge is 2.48. The Bertz CT molecular complexity index is 2180. The highest BCUT2D eigenvalue weighted by Crippen LogP contribution is 2.26. The monoisotopic (exact) mass is 1460 g/mol. The van der Waals surface area contributed by atoms with E-state index in [0.29, 0.717) is 57.8 Å². The quantitative estimate of drug-likeness (QED) is 0.0252. The number of nitrogens with one attached hydrogen (secondary N) is 10. The minimum atomic E-state index is -1.44. The van der Waals surface area contributed by atoms with E-state index in [1.165, 1.54) is 20.8 Å². The number of aliphatic hydroxyl groups is 9. The first-order valence-electron chi connectivity index (χ1n) is 34.9. The van der Waals surface area contributed by atoms with Crippen molar-refractivity contribution in [2.75, 3.05) is 119 Å². The molecule has 3 fully saturated rings. The third-order valence-corrected chi connectivity index (χ3v) is 16.1. The average Bonchev–Trinajstić information content (AvgIpc) is 0.824. The van der Waals surface area contributed by atoms with Gasteiger partial charge >= 0.3 is 0 Å². The first-order valence-corrected chi connectivity index (χ1v) is 34.9. The van der Waals surface area contributed by atoms with Gasteiger partial charge in [-0.3, -0.25) is 43.2 Å². The fraction of sp³-hybridized carbons (Fsp3) is 0.859. The molecule has 3 saturated heterocycles. The van der Waals surface area contributed by atoms with E-state index in [2.05, 4.69) is 53.2 Å². The number of aliphatic hydroxyl groups excluding tert-OH is 9. The standard InChI is InChI=1S/C64H116N10O27/c1-39(2)74-64(36-93-30-18-49(84)68-24-12-21-65-46(81)15-6-9-27-96-61-52(71-40(3)78)58(90)55(87)43(33-75)99-61,37-94-31-19-50(85)69-25-13-22-66-47(82)16-7-10-28-97-62-53(72-41(4)79)59(91)56(88)44(34-76)100-62)38-95-32-20-51(86)70-26-14-23-67-48(83)17-8-11-29-98-63-54(73-42(5)80)60(92)57(89)45(35-77)101-63/h39,43-45,52-63,74-77,87-92H,6-38H2,1-5H3,(H,65,81)(H,66,82)(H,67,83)(H,68,84)(H,69,85)(H,70,86)(H,71,78)(H,72,79)(H,73,80)/t43?,44?,45?,52-,53-,54-,55-,56-,57-,58?,59?,60?,61+,62+,63+,64?/m0/s1. The van der Waals surface area contributed by atoms with Gasteiger partial charge in [-0.15, -0.1) is 0 Å². The highest BCUT2D eigenvalue weighted by molar-refractivity contribution is 5.78. The Hall–Kier alpha value is -5.53. The molecule has 6 unspecified atom stereocenters. The Morgan fingerprint density at radius 2 is 0.604 bits per heavy atom. The van der Waals surface area contributed by atoms with Crippen LogP contribution < -0.4 is 53.2 Å². The molecule has 15 atom stereocenters. The smallest absolute Gasteiger partial charge is 0.222 e. The van der Waals surface area contributed by atoms with Gasteiger partial charge in [0.1, 0.15) is 73.1 Å². The number of hydrogen-bond donors (Lipinski definition) is 19. The lowest BCUT2D eigenvalue weighted by Gasteiger charge is -2.42. The number of carbonyl (C=O) groups excluding carboxylic acids is 9. The summed E-state index contributed by atoms with van der Waals surface area (Å²) in [6, 6.07) is -3.36. The molecule has 584 valence electrons. The number of unbranched alkanes of at least 4 members (excludes halogenated alkanes) is 3. The molecular weight excluding hydrogens is 1340 g/mol. The van der Waals surface area contributed by atoms with Gasteiger partial charge in [0.25, 0.3) is 0 Å². The third-order valence-electron chi connectivity index (χ3n) is 16.1. The van der Waals surface area contributed by atoms with Crippen molar-refractivity contribution >= 4 is 53.2 Å². The second-order valence-corrected chi connectivity index (χ2v) is 25.4. The summed E-state index contributed by atoms with van der Waals surface area (Å²) < 4.78 is 51.9. The summed E-state index contributed by atoms with van der Waals surface area (Å²) in [6.07, 6.45) is -11.0. The zero-order valence-corrected chi connectivity index (χ0v) is 58.9. The Morgan fingerprint density at radius 3 is 0.832 bits per heavy atom. The van der Waals surface area contributed by atoms with Crippen LogP contribution in [0.5, 0.6) is 0 Å². The van der Waals surface area contributed by atoms with Gasteiger partial charge in [-0.05, 0) is 57.8 Å². The van der Waals surface area contributed by atoms with Crippen molar-refractivity contribution in [3.63, 3.8) is 0 Å². The van der Waals surface area contributed by atoms with E-state index in [1.54, 1.807) is 0 Å². The minimum absolute atomic E-state index is 0.00518. The predicted molar refractivity (Wildman–Crippen MR) is 355 cm³/mol. The normalized spacial score (nSPS) is 25.6. The van der Waals surface area contributed by atoms with Crippen molar-refractivity contribution < 1.29 is 132 Å². The van der Waals surface area contributed by atoms with Crippen molar-refractivity contribution in [3.8, 4) is 0 Å². The van der Waals surface area contributed by atoms with Crippen LogP contribution in [-0.2, 0) is 85.8 Å². The minimum Gasteiger partial charge on any atom is -0.394 e. The molecule has 19 N–H and O–H groups in total. The second kappa shape index (κ2) is 50.8. The molecule has 0 radical (unpaired) electrons. The van der Waals surface area contributed by atoms with Crippen molar-refractivity contribution in [1.82, 2.24) is 53.2 Å². The zero-order valence-electron chi connectivity index (χ0n) is 58.9. The Balaban J connectivity index is 1.40. The van der Waals surface area contributed by atoms with E-state index < -0.39 is 135 Å². The van der Waals surface area contributed by atoms with Gasteiger partial charge in [-0.1, -0.05) is 13.8 Å². The van der Waals surface area contributed by atoms with Gasteiger partial charge < -0.3 is 142 Å². The molecule has 3 aliphatic rings. The zero-order chi connectivity index (χ0) is 74.7. The van der Waals surface area contributed by atoms with Crippen LogP contribution in [0.4, 0.5) is 0 Å². The van der Waals surface area contributed by atoms with Crippen LogP contribution >= 0.6 is 0 Å². The number of ether oxygens (including phenoxy) is 9. The number of rotatable bonds is 53. The fourth-order valence-electron chi connectivity index (χ4n) is 10.9. The van der Waals surface area contributed by atoms with Crippen molar-refractivity contribution in [3.05, 3.63) is 0 Å². The van der Waals surface area contributed by atoms with Crippen molar-refractivity contribution in [2.45, 2.75) is 234 Å². The molecule has 101 heavy (non-hydrogen) atoms. The van der Waals surface area contributed by atoms with Gasteiger partial charge in [-0.2, -0.15) is 0 Å². The van der Waals surface area contributed by atoms with E-state index >= 15 is 0 Å². The second-order valence-electron chi connectivity index (χ2n) is 25.4. The lowest BCUT2D eigenvalue weighted by atomic mass is 9.97. The predicted octanol–water partition coefficient (Wildman–Crippen LogP) is -6.80. The van der Waals surface area contributed by atoms with E-state index in [9.17, 15) is 89.1 Å². The molecule has 3 aliphatic heterocycles. The highest BCUT2D eigenvalue weighted by atomic mass is 16.7. The van der Waals surface area contributed by atoms with Gasteiger partial charge in [0, 0.05) is 124 Å². The molecule has 0 saturated carbocycles. The topological polar surface area (TPSA) is 539 Å². The maximum Gasteiger partial charge on any atom is 0.222 e. The van der Waals surface area contributed by atoms with Crippen molar-refractivity contribution in [1.29, 1.82) is 0 Å². The molecule has 0 aromatic carbocycles. The Kier molecular flexibility index (Phi) is 45.1. The maximum absolute atomic E-state index is 12.9. The molecule has 0 spiro atoms.